The van der Waals surface area contributed by atoms with Gasteiger partial charge in [0.05, 0.1) is 6.04 Å². The van der Waals surface area contributed by atoms with E-state index in [2.05, 4.69) is 29.3 Å². The van der Waals surface area contributed by atoms with Crippen LogP contribution in [-0.4, -0.2) is 37.0 Å². The zero-order valence-corrected chi connectivity index (χ0v) is 17.3. The molecule has 1 aliphatic rings. The molecule has 0 spiro atoms. The number of ether oxygens (including phenoxy) is 1. The van der Waals surface area contributed by atoms with Crippen LogP contribution in [0.25, 0.3) is 0 Å². The Labute approximate surface area is 172 Å². The van der Waals surface area contributed by atoms with Crippen LogP contribution in [0.15, 0.2) is 48.5 Å². The molecule has 1 heterocycles. The highest BCUT2D eigenvalue weighted by Crippen LogP contribution is 2.25. The van der Waals surface area contributed by atoms with Gasteiger partial charge in [0.1, 0.15) is 5.75 Å². The van der Waals surface area contributed by atoms with E-state index < -0.39 is 0 Å². The molecule has 0 unspecified atom stereocenters. The van der Waals surface area contributed by atoms with Crippen molar-refractivity contribution in [3.05, 3.63) is 64.7 Å². The van der Waals surface area contributed by atoms with Crippen molar-refractivity contribution in [1.29, 1.82) is 0 Å². The first-order chi connectivity index (χ1) is 13.7. The highest BCUT2D eigenvalue weighted by atomic mass is 35.5. The maximum Gasteiger partial charge on any atom is 0.258 e. The van der Waals surface area contributed by atoms with E-state index in [1.807, 2.05) is 36.4 Å². The first-order valence-corrected chi connectivity index (χ1v) is 10.5. The lowest BCUT2D eigenvalue weighted by Crippen LogP contribution is -2.41. The van der Waals surface area contributed by atoms with Crippen molar-refractivity contribution in [2.24, 2.45) is 0 Å². The van der Waals surface area contributed by atoms with Gasteiger partial charge in [-0.3, -0.25) is 9.69 Å². The summed E-state index contributed by atoms with van der Waals surface area (Å²) in [7, 11) is 0. The van der Waals surface area contributed by atoms with Crippen LogP contribution < -0.4 is 10.1 Å². The first-order valence-electron chi connectivity index (χ1n) is 10.1. The quantitative estimate of drug-likeness (QED) is 0.702. The SMILES string of the molecule is CCc1ccc(OCC(=O)NC[C@@H](c2ccc(Cl)cc2)N2CCCCC2)cc1. The second-order valence-corrected chi connectivity index (χ2v) is 7.69. The van der Waals surface area contributed by atoms with E-state index in [9.17, 15) is 4.79 Å². The maximum absolute atomic E-state index is 12.3. The third-order valence-corrected chi connectivity index (χ3v) is 5.53. The Hall–Kier alpha value is -2.04. The van der Waals surface area contributed by atoms with E-state index in [0.29, 0.717) is 6.54 Å². The van der Waals surface area contributed by atoms with Crippen molar-refractivity contribution >= 4 is 17.5 Å². The monoisotopic (exact) mass is 400 g/mol. The van der Waals surface area contributed by atoms with Gasteiger partial charge in [0.2, 0.25) is 0 Å². The van der Waals surface area contributed by atoms with E-state index >= 15 is 0 Å². The van der Waals surface area contributed by atoms with E-state index in [4.69, 9.17) is 16.3 Å². The predicted octanol–water partition coefficient (Wildman–Crippen LogP) is 4.62. The number of hydrogen-bond acceptors (Lipinski definition) is 3. The summed E-state index contributed by atoms with van der Waals surface area (Å²) in [5.74, 6) is 0.619. The maximum atomic E-state index is 12.3. The summed E-state index contributed by atoms with van der Waals surface area (Å²) >= 11 is 6.05. The van der Waals surface area contributed by atoms with Crippen LogP contribution in [0, 0.1) is 0 Å². The Morgan fingerprint density at radius 1 is 1.07 bits per heavy atom. The number of nitrogens with one attached hydrogen (secondary N) is 1. The van der Waals surface area contributed by atoms with Crippen molar-refractivity contribution in [2.75, 3.05) is 26.2 Å². The second-order valence-electron chi connectivity index (χ2n) is 7.25. The van der Waals surface area contributed by atoms with E-state index in [1.165, 1.54) is 30.4 Å². The number of carbonyl (C=O) groups is 1. The molecule has 1 fully saturated rings. The Bertz CT molecular complexity index is 740. The summed E-state index contributed by atoms with van der Waals surface area (Å²) in [5.41, 5.74) is 2.44. The third-order valence-electron chi connectivity index (χ3n) is 5.28. The lowest BCUT2D eigenvalue weighted by molar-refractivity contribution is -0.123. The second kappa shape index (κ2) is 10.5. The highest BCUT2D eigenvalue weighted by Gasteiger charge is 2.23. The standard InChI is InChI=1S/C23H29ClN2O2/c1-2-18-6-12-21(13-7-18)28-17-23(27)25-16-22(26-14-4-3-5-15-26)19-8-10-20(24)11-9-19/h6-13,22H,2-5,14-17H2,1H3,(H,25,27)/t22-/m0/s1. The fourth-order valence-corrected chi connectivity index (χ4v) is 3.73. The number of carbonyl (C=O) groups excluding carboxylic acids is 1. The number of amides is 1. The third kappa shape index (κ3) is 5.98. The van der Waals surface area contributed by atoms with Crippen molar-refractivity contribution in [3.8, 4) is 5.75 Å². The lowest BCUT2D eigenvalue weighted by Gasteiger charge is -2.35. The van der Waals surface area contributed by atoms with Crippen LogP contribution in [0.4, 0.5) is 0 Å². The molecule has 2 aromatic carbocycles. The topological polar surface area (TPSA) is 41.6 Å². The van der Waals surface area contributed by atoms with Crippen molar-refractivity contribution in [3.63, 3.8) is 0 Å². The van der Waals surface area contributed by atoms with E-state index in [1.54, 1.807) is 0 Å². The van der Waals surface area contributed by atoms with Crippen LogP contribution >= 0.6 is 11.6 Å². The van der Waals surface area contributed by atoms with Gasteiger partial charge in [-0.1, -0.05) is 49.2 Å². The molecular weight excluding hydrogens is 372 g/mol. The number of hydrogen-bond donors (Lipinski definition) is 1. The average Bonchev–Trinajstić information content (AvgIpc) is 2.75. The van der Waals surface area contributed by atoms with Crippen LogP contribution in [0.2, 0.25) is 5.02 Å². The van der Waals surface area contributed by atoms with Gasteiger partial charge in [-0.2, -0.15) is 0 Å². The normalized spacial score (nSPS) is 15.8. The lowest BCUT2D eigenvalue weighted by atomic mass is 10.0. The molecule has 0 bridgehead atoms. The Kier molecular flexibility index (Phi) is 7.75. The molecule has 3 rings (SSSR count). The molecule has 1 N–H and O–H groups in total. The first kappa shape index (κ1) is 20.7. The van der Waals surface area contributed by atoms with Gasteiger partial charge >= 0.3 is 0 Å². The minimum atomic E-state index is -0.101. The molecule has 0 saturated carbocycles. The number of nitrogens with zero attached hydrogens (tertiary/aromatic N) is 1. The number of aryl methyl sites for hydroxylation is 1. The molecule has 1 atom stereocenters. The molecule has 1 aliphatic heterocycles. The molecule has 0 aromatic heterocycles. The summed E-state index contributed by atoms with van der Waals surface area (Å²) in [4.78, 5) is 14.8. The van der Waals surface area contributed by atoms with Crippen LogP contribution in [0.1, 0.15) is 43.4 Å². The number of benzene rings is 2. The molecule has 150 valence electrons. The number of rotatable bonds is 8. The van der Waals surface area contributed by atoms with Crippen LogP contribution in [-0.2, 0) is 11.2 Å². The number of halogens is 1. The van der Waals surface area contributed by atoms with E-state index in [-0.39, 0.29) is 18.6 Å². The largest absolute Gasteiger partial charge is 0.484 e. The molecule has 5 heteroatoms. The predicted molar refractivity (Wildman–Crippen MR) is 114 cm³/mol. The summed E-state index contributed by atoms with van der Waals surface area (Å²) in [6.07, 6.45) is 4.67. The van der Waals surface area contributed by atoms with Gasteiger partial charge in [0.15, 0.2) is 6.61 Å². The molecular formula is C23H29ClN2O2. The highest BCUT2D eigenvalue weighted by molar-refractivity contribution is 6.30. The molecule has 1 amide bonds. The Balaban J connectivity index is 1.55. The summed E-state index contributed by atoms with van der Waals surface area (Å²) in [6, 6.07) is 16.0. The van der Waals surface area contributed by atoms with Crippen LogP contribution in [0.3, 0.4) is 0 Å². The summed E-state index contributed by atoms with van der Waals surface area (Å²) < 4.78 is 5.62. The molecule has 0 aliphatic carbocycles. The van der Waals surface area contributed by atoms with Gasteiger partial charge < -0.3 is 10.1 Å². The average molecular weight is 401 g/mol. The minimum Gasteiger partial charge on any atom is -0.484 e. The van der Waals surface area contributed by atoms with Gasteiger partial charge in [-0.05, 0) is 67.7 Å². The van der Waals surface area contributed by atoms with Gasteiger partial charge in [-0.15, -0.1) is 0 Å². The van der Waals surface area contributed by atoms with E-state index in [0.717, 1.165) is 30.3 Å². The zero-order valence-electron chi connectivity index (χ0n) is 16.5. The Morgan fingerprint density at radius 3 is 2.39 bits per heavy atom. The Morgan fingerprint density at radius 2 is 1.75 bits per heavy atom. The summed E-state index contributed by atoms with van der Waals surface area (Å²) in [6.45, 7) is 4.83. The van der Waals surface area contributed by atoms with Gasteiger partial charge in [0.25, 0.3) is 5.91 Å². The number of piperidine rings is 1. The smallest absolute Gasteiger partial charge is 0.258 e. The van der Waals surface area contributed by atoms with Crippen molar-refractivity contribution in [1.82, 2.24) is 10.2 Å². The number of likely N-dealkylation sites (tertiary alicyclic amines) is 1. The fraction of sp³-hybridized carbons (Fsp3) is 0.435. The van der Waals surface area contributed by atoms with Gasteiger partial charge in [-0.25, -0.2) is 0 Å². The van der Waals surface area contributed by atoms with Crippen LogP contribution in [0.5, 0.6) is 5.75 Å². The van der Waals surface area contributed by atoms with Gasteiger partial charge in [0, 0.05) is 11.6 Å². The summed E-state index contributed by atoms with van der Waals surface area (Å²) in [5, 5.41) is 3.78. The molecule has 28 heavy (non-hydrogen) atoms. The van der Waals surface area contributed by atoms with Crippen molar-refractivity contribution < 1.29 is 9.53 Å². The molecule has 1 saturated heterocycles. The molecule has 2 aromatic rings. The fourth-order valence-electron chi connectivity index (χ4n) is 3.60. The molecule has 4 nitrogen and oxygen atoms in total. The molecule has 0 radical (unpaired) electrons. The minimum absolute atomic E-state index is 0.0266. The zero-order chi connectivity index (χ0) is 19.8. The van der Waals surface area contributed by atoms with Crippen molar-refractivity contribution in [2.45, 2.75) is 38.6 Å².